The lowest BCUT2D eigenvalue weighted by Crippen LogP contribution is -2.44. The number of nitrogens with zero attached hydrogens (tertiary/aromatic N) is 4. The summed E-state index contributed by atoms with van der Waals surface area (Å²) in [5, 5.41) is 4.24. The zero-order chi connectivity index (χ0) is 23.1. The van der Waals surface area contributed by atoms with Gasteiger partial charge in [0.1, 0.15) is 18.7 Å². The third kappa shape index (κ3) is 6.57. The fraction of sp³-hybridized carbons (Fsp3) is 0.231. The van der Waals surface area contributed by atoms with Gasteiger partial charge in [0.05, 0.1) is 5.69 Å². The molecule has 0 unspecified atom stereocenters. The summed E-state index contributed by atoms with van der Waals surface area (Å²) in [4.78, 5) is 16.7. The maximum atomic E-state index is 5.91. The van der Waals surface area contributed by atoms with Crippen molar-refractivity contribution in [3.05, 3.63) is 101 Å². The molecule has 1 N–H and O–H groups in total. The third-order valence-corrected chi connectivity index (χ3v) is 5.48. The number of rotatable bonds is 4. The Bertz CT molecular complexity index is 1140. The molecule has 3 heterocycles. The highest BCUT2D eigenvalue weighted by Crippen LogP contribution is 2.25. The smallest absolute Gasteiger partial charge is 0.159 e. The molecule has 0 aliphatic carbocycles. The van der Waals surface area contributed by atoms with E-state index in [-0.39, 0.29) is 5.54 Å². The van der Waals surface area contributed by atoms with E-state index in [0.717, 1.165) is 46.4 Å². The van der Waals surface area contributed by atoms with Crippen LogP contribution in [0.5, 0.6) is 5.75 Å². The van der Waals surface area contributed by atoms with Crippen LogP contribution in [0.4, 0.5) is 0 Å². The third-order valence-electron chi connectivity index (χ3n) is 5.23. The predicted molar refractivity (Wildman–Crippen MR) is 130 cm³/mol. The Hall–Kier alpha value is -3.35. The van der Waals surface area contributed by atoms with Crippen molar-refractivity contribution in [3.63, 3.8) is 0 Å². The Morgan fingerprint density at radius 3 is 2.36 bits per heavy atom. The van der Waals surface area contributed by atoms with Crippen molar-refractivity contribution in [2.75, 3.05) is 0 Å². The Labute approximate surface area is 199 Å². The number of hydrogen-bond acceptors (Lipinski definition) is 6. The van der Waals surface area contributed by atoms with Gasteiger partial charge in [-0.3, -0.25) is 0 Å². The van der Waals surface area contributed by atoms with Crippen LogP contribution in [0.1, 0.15) is 30.7 Å². The number of halogens is 1. The van der Waals surface area contributed by atoms with E-state index in [2.05, 4.69) is 34.1 Å². The van der Waals surface area contributed by atoms with Gasteiger partial charge in [-0.1, -0.05) is 23.7 Å². The van der Waals surface area contributed by atoms with Gasteiger partial charge in [0, 0.05) is 53.2 Å². The molecule has 0 amide bonds. The lowest BCUT2D eigenvalue weighted by Gasteiger charge is -2.31. The van der Waals surface area contributed by atoms with E-state index in [1.165, 1.54) is 11.9 Å². The van der Waals surface area contributed by atoms with Crippen LogP contribution in [0, 0.1) is 0 Å². The van der Waals surface area contributed by atoms with Crippen LogP contribution in [0.15, 0.2) is 79.5 Å². The lowest BCUT2D eigenvalue weighted by molar-refractivity contribution is 0.306. The molecule has 0 spiro atoms. The molecule has 4 aromatic rings. The lowest BCUT2D eigenvalue weighted by atomic mass is 9.92. The second-order valence-electron chi connectivity index (χ2n) is 8.42. The van der Waals surface area contributed by atoms with Crippen LogP contribution in [-0.4, -0.2) is 25.5 Å². The standard InChI is InChI=1S/C22H22ClN3O.C4H4N2/c1-22(2)11-20-17(13-25-22)12-24-21(26-20)16-5-9-19(10-6-16)27-14-15-3-7-18(23)8-4-15;1-2-5-4-6-3-1/h3-10,12,25H,11,13-14H2,1-2H3;1-4H. The normalized spacial score (nSPS) is 13.9. The Balaban J connectivity index is 0.000000376. The summed E-state index contributed by atoms with van der Waals surface area (Å²) < 4.78 is 5.85. The van der Waals surface area contributed by atoms with Crippen molar-refractivity contribution in [1.82, 2.24) is 25.3 Å². The number of benzene rings is 2. The van der Waals surface area contributed by atoms with Gasteiger partial charge in [0.25, 0.3) is 0 Å². The van der Waals surface area contributed by atoms with Crippen molar-refractivity contribution in [1.29, 1.82) is 0 Å². The highest BCUT2D eigenvalue weighted by Gasteiger charge is 2.26. The molecule has 33 heavy (non-hydrogen) atoms. The van der Waals surface area contributed by atoms with Crippen molar-refractivity contribution in [3.8, 4) is 17.1 Å². The number of hydrogen-bond donors (Lipinski definition) is 1. The maximum absolute atomic E-state index is 5.91. The first-order valence-corrected chi connectivity index (χ1v) is 11.1. The molecule has 1 aliphatic heterocycles. The molecule has 0 atom stereocenters. The maximum Gasteiger partial charge on any atom is 0.159 e. The minimum atomic E-state index is 0.0674. The summed E-state index contributed by atoms with van der Waals surface area (Å²) in [5.41, 5.74) is 4.45. The molecule has 1 aliphatic rings. The summed E-state index contributed by atoms with van der Waals surface area (Å²) in [7, 11) is 0. The summed E-state index contributed by atoms with van der Waals surface area (Å²) in [6, 6.07) is 17.4. The molecule has 5 rings (SSSR count). The first kappa shape index (κ1) is 22.8. The van der Waals surface area contributed by atoms with Gasteiger partial charge in [-0.15, -0.1) is 0 Å². The van der Waals surface area contributed by atoms with Crippen LogP contribution in [0.25, 0.3) is 11.4 Å². The highest BCUT2D eigenvalue weighted by atomic mass is 35.5. The van der Waals surface area contributed by atoms with Crippen LogP contribution in [-0.2, 0) is 19.6 Å². The topological polar surface area (TPSA) is 72.8 Å². The second-order valence-corrected chi connectivity index (χ2v) is 8.86. The summed E-state index contributed by atoms with van der Waals surface area (Å²) in [6.07, 6.45) is 7.71. The SMILES string of the molecule is CC1(C)Cc2nc(-c3ccc(OCc4ccc(Cl)cc4)cc3)ncc2CN1.c1cncnc1. The van der Waals surface area contributed by atoms with E-state index in [0.29, 0.717) is 6.61 Å². The zero-order valence-corrected chi connectivity index (χ0v) is 19.5. The highest BCUT2D eigenvalue weighted by molar-refractivity contribution is 6.30. The van der Waals surface area contributed by atoms with Crippen molar-refractivity contribution < 1.29 is 4.74 Å². The number of fused-ring (bicyclic) bond motifs is 1. The number of nitrogens with one attached hydrogen (secondary N) is 1. The summed E-state index contributed by atoms with van der Waals surface area (Å²) >= 11 is 5.91. The van der Waals surface area contributed by atoms with E-state index < -0.39 is 0 Å². The first-order chi connectivity index (χ1) is 16.0. The van der Waals surface area contributed by atoms with Gasteiger partial charge < -0.3 is 10.1 Å². The first-order valence-electron chi connectivity index (χ1n) is 10.8. The molecule has 6 nitrogen and oxygen atoms in total. The monoisotopic (exact) mass is 459 g/mol. The van der Waals surface area contributed by atoms with Crippen molar-refractivity contribution in [2.45, 2.75) is 39.0 Å². The fourth-order valence-corrected chi connectivity index (χ4v) is 3.52. The van der Waals surface area contributed by atoms with Crippen LogP contribution >= 0.6 is 11.6 Å². The molecule has 7 heteroatoms. The summed E-state index contributed by atoms with van der Waals surface area (Å²) in [5.74, 6) is 1.58. The molecule has 0 radical (unpaired) electrons. The molecule has 0 fully saturated rings. The Kier molecular flexibility index (Phi) is 7.27. The van der Waals surface area contributed by atoms with Crippen molar-refractivity contribution in [2.24, 2.45) is 0 Å². The molecule has 0 bridgehead atoms. The minimum Gasteiger partial charge on any atom is -0.489 e. The van der Waals surface area contributed by atoms with Gasteiger partial charge in [-0.05, 0) is 61.9 Å². The molecule has 0 saturated carbocycles. The largest absolute Gasteiger partial charge is 0.489 e. The van der Waals surface area contributed by atoms with E-state index in [4.69, 9.17) is 21.3 Å². The molecular formula is C26H26ClN5O. The zero-order valence-electron chi connectivity index (χ0n) is 18.7. The Morgan fingerprint density at radius 2 is 1.73 bits per heavy atom. The summed E-state index contributed by atoms with van der Waals surface area (Å²) in [6.45, 7) is 5.73. The van der Waals surface area contributed by atoms with Gasteiger partial charge >= 0.3 is 0 Å². The minimum absolute atomic E-state index is 0.0674. The van der Waals surface area contributed by atoms with Crippen LogP contribution < -0.4 is 10.1 Å². The van der Waals surface area contributed by atoms with Gasteiger partial charge in [0.2, 0.25) is 0 Å². The molecule has 2 aromatic heterocycles. The number of aromatic nitrogens is 4. The average Bonchev–Trinajstić information content (AvgIpc) is 2.84. The van der Waals surface area contributed by atoms with E-state index in [1.807, 2.05) is 54.7 Å². The van der Waals surface area contributed by atoms with E-state index in [1.54, 1.807) is 18.5 Å². The number of ether oxygens (including phenoxy) is 1. The quantitative estimate of drug-likeness (QED) is 0.447. The van der Waals surface area contributed by atoms with Gasteiger partial charge in [0.15, 0.2) is 5.82 Å². The van der Waals surface area contributed by atoms with Gasteiger partial charge in [-0.25, -0.2) is 19.9 Å². The predicted octanol–water partition coefficient (Wildman–Crippen LogP) is 5.28. The molecule has 168 valence electrons. The average molecular weight is 460 g/mol. The second kappa shape index (κ2) is 10.5. The fourth-order valence-electron chi connectivity index (χ4n) is 3.40. The Morgan fingerprint density at radius 1 is 1.00 bits per heavy atom. The molecule has 0 saturated heterocycles. The van der Waals surface area contributed by atoms with E-state index in [9.17, 15) is 0 Å². The molecular weight excluding hydrogens is 434 g/mol. The van der Waals surface area contributed by atoms with Gasteiger partial charge in [-0.2, -0.15) is 0 Å². The van der Waals surface area contributed by atoms with Crippen LogP contribution in [0.2, 0.25) is 5.02 Å². The van der Waals surface area contributed by atoms with Crippen LogP contribution in [0.3, 0.4) is 0 Å². The van der Waals surface area contributed by atoms with Crippen molar-refractivity contribution >= 4 is 11.6 Å². The van der Waals surface area contributed by atoms with E-state index >= 15 is 0 Å². The molecule has 2 aromatic carbocycles.